The lowest BCUT2D eigenvalue weighted by Gasteiger charge is -2.18. The smallest absolute Gasteiger partial charge is 0.227 e. The van der Waals surface area contributed by atoms with Crippen LogP contribution < -0.4 is 10.6 Å². The number of nitrogens with two attached hydrogens (primary N) is 1. The van der Waals surface area contributed by atoms with Gasteiger partial charge >= 0.3 is 0 Å². The number of hydrogen-bond acceptors (Lipinski definition) is 3. The van der Waals surface area contributed by atoms with Crippen LogP contribution in [-0.2, 0) is 4.79 Å². The van der Waals surface area contributed by atoms with Gasteiger partial charge in [-0.3, -0.25) is 4.79 Å². The molecule has 0 bridgehead atoms. The Bertz CT molecular complexity index is 427. The standard InChI is InChI=1S/C11H12ClN3O/c1-2-7-5-9(16)15(6-7)10-8(13)3-4-14-11(10)12/h2-4,7H,1,5-6H2,(H2,13,14). The molecule has 1 atom stereocenters. The number of pyridine rings is 1. The second kappa shape index (κ2) is 4.14. The average molecular weight is 238 g/mol. The first-order valence-electron chi connectivity index (χ1n) is 4.96. The third kappa shape index (κ3) is 1.76. The quantitative estimate of drug-likeness (QED) is 0.631. The van der Waals surface area contributed by atoms with Crippen LogP contribution >= 0.6 is 11.6 Å². The topological polar surface area (TPSA) is 59.2 Å². The molecule has 84 valence electrons. The molecule has 2 N–H and O–H groups in total. The zero-order chi connectivity index (χ0) is 11.7. The maximum atomic E-state index is 11.8. The first-order chi connectivity index (χ1) is 7.63. The van der Waals surface area contributed by atoms with Crippen LogP contribution in [-0.4, -0.2) is 17.4 Å². The van der Waals surface area contributed by atoms with E-state index in [1.54, 1.807) is 17.0 Å². The molecule has 0 aliphatic carbocycles. The molecule has 1 aromatic rings. The molecule has 1 unspecified atom stereocenters. The summed E-state index contributed by atoms with van der Waals surface area (Å²) in [6.07, 6.45) is 3.75. The number of amides is 1. The fourth-order valence-electron chi connectivity index (χ4n) is 1.82. The number of halogens is 1. The number of aromatic nitrogens is 1. The maximum Gasteiger partial charge on any atom is 0.227 e. The Labute approximate surface area is 98.7 Å². The van der Waals surface area contributed by atoms with Gasteiger partial charge in [0, 0.05) is 25.1 Å². The number of rotatable bonds is 2. The third-order valence-corrected chi connectivity index (χ3v) is 2.95. The van der Waals surface area contributed by atoms with Crippen molar-refractivity contribution in [3.8, 4) is 0 Å². The molecule has 0 saturated carbocycles. The van der Waals surface area contributed by atoms with Crippen molar-refractivity contribution in [3.05, 3.63) is 30.1 Å². The summed E-state index contributed by atoms with van der Waals surface area (Å²) in [6, 6.07) is 1.63. The molecule has 0 radical (unpaired) electrons. The third-order valence-electron chi connectivity index (χ3n) is 2.67. The number of nitrogen functional groups attached to an aromatic ring is 1. The Kier molecular flexibility index (Phi) is 2.83. The summed E-state index contributed by atoms with van der Waals surface area (Å²) >= 11 is 5.95. The molecule has 1 aliphatic heterocycles. The van der Waals surface area contributed by atoms with Crippen LogP contribution in [0.15, 0.2) is 24.9 Å². The highest BCUT2D eigenvalue weighted by atomic mass is 35.5. The fraction of sp³-hybridized carbons (Fsp3) is 0.273. The van der Waals surface area contributed by atoms with E-state index in [1.165, 1.54) is 6.20 Å². The first-order valence-corrected chi connectivity index (χ1v) is 5.34. The summed E-state index contributed by atoms with van der Waals surface area (Å²) < 4.78 is 0. The van der Waals surface area contributed by atoms with Crippen LogP contribution in [0.4, 0.5) is 11.4 Å². The second-order valence-corrected chi connectivity index (χ2v) is 4.10. The van der Waals surface area contributed by atoms with E-state index < -0.39 is 0 Å². The predicted octanol–water partition coefficient (Wildman–Crippen LogP) is 1.86. The van der Waals surface area contributed by atoms with Gasteiger partial charge < -0.3 is 10.6 Å². The number of carbonyl (C=O) groups is 1. The molecule has 16 heavy (non-hydrogen) atoms. The molecule has 0 spiro atoms. The summed E-state index contributed by atoms with van der Waals surface area (Å²) in [5, 5.41) is 0.262. The van der Waals surface area contributed by atoms with E-state index in [1.807, 2.05) is 0 Å². The minimum atomic E-state index is 0.00602. The van der Waals surface area contributed by atoms with E-state index in [0.29, 0.717) is 24.3 Å². The molecule has 1 aromatic heterocycles. The zero-order valence-corrected chi connectivity index (χ0v) is 9.44. The van der Waals surface area contributed by atoms with Crippen molar-refractivity contribution in [1.29, 1.82) is 0 Å². The highest BCUT2D eigenvalue weighted by Gasteiger charge is 2.31. The molecule has 1 fully saturated rings. The lowest BCUT2D eigenvalue weighted by atomic mass is 10.1. The largest absolute Gasteiger partial charge is 0.397 e. The minimum Gasteiger partial charge on any atom is -0.397 e. The van der Waals surface area contributed by atoms with Gasteiger partial charge in [0.1, 0.15) is 5.69 Å². The van der Waals surface area contributed by atoms with Crippen LogP contribution in [0.5, 0.6) is 0 Å². The van der Waals surface area contributed by atoms with Gasteiger partial charge in [-0.1, -0.05) is 17.7 Å². The lowest BCUT2D eigenvalue weighted by molar-refractivity contribution is -0.117. The van der Waals surface area contributed by atoms with Gasteiger partial charge in [0.25, 0.3) is 0 Å². The summed E-state index contributed by atoms with van der Waals surface area (Å²) in [6.45, 7) is 4.26. The van der Waals surface area contributed by atoms with E-state index in [0.717, 1.165) is 0 Å². The predicted molar refractivity (Wildman–Crippen MR) is 64.3 cm³/mol. The van der Waals surface area contributed by atoms with Crippen LogP contribution in [0.2, 0.25) is 5.15 Å². The van der Waals surface area contributed by atoms with Gasteiger partial charge in [-0.2, -0.15) is 0 Å². The molecule has 0 aromatic carbocycles. The Morgan fingerprint density at radius 3 is 3.00 bits per heavy atom. The van der Waals surface area contributed by atoms with Gasteiger partial charge in [-0.25, -0.2) is 4.98 Å². The normalized spacial score (nSPS) is 20.2. The fourth-order valence-corrected chi connectivity index (χ4v) is 2.09. The SMILES string of the molecule is C=CC1CC(=O)N(c2c(N)ccnc2Cl)C1. The van der Waals surface area contributed by atoms with Crippen LogP contribution in [0.3, 0.4) is 0 Å². The van der Waals surface area contributed by atoms with Gasteiger partial charge in [0.15, 0.2) is 5.15 Å². The summed E-state index contributed by atoms with van der Waals surface area (Å²) in [5.41, 5.74) is 6.79. The van der Waals surface area contributed by atoms with Crippen molar-refractivity contribution in [2.75, 3.05) is 17.2 Å². The zero-order valence-electron chi connectivity index (χ0n) is 8.69. The molecule has 4 nitrogen and oxygen atoms in total. The molecular formula is C11H12ClN3O. The van der Waals surface area contributed by atoms with E-state index in [9.17, 15) is 4.79 Å². The number of nitrogens with zero attached hydrogens (tertiary/aromatic N) is 2. The number of carbonyl (C=O) groups excluding carboxylic acids is 1. The molecule has 1 aliphatic rings. The lowest BCUT2D eigenvalue weighted by Crippen LogP contribution is -2.26. The van der Waals surface area contributed by atoms with Crippen molar-refractivity contribution < 1.29 is 4.79 Å². The summed E-state index contributed by atoms with van der Waals surface area (Å²) in [5.74, 6) is 0.162. The van der Waals surface area contributed by atoms with Gasteiger partial charge in [0.05, 0.1) is 5.69 Å². The second-order valence-electron chi connectivity index (χ2n) is 3.74. The molecular weight excluding hydrogens is 226 g/mol. The average Bonchev–Trinajstić information content (AvgIpc) is 2.60. The van der Waals surface area contributed by atoms with Gasteiger partial charge in [-0.15, -0.1) is 6.58 Å². The van der Waals surface area contributed by atoms with Crippen molar-refractivity contribution in [2.45, 2.75) is 6.42 Å². The Morgan fingerprint density at radius 1 is 1.69 bits per heavy atom. The van der Waals surface area contributed by atoms with E-state index in [4.69, 9.17) is 17.3 Å². The van der Waals surface area contributed by atoms with Crippen molar-refractivity contribution in [3.63, 3.8) is 0 Å². The minimum absolute atomic E-state index is 0.00602. The van der Waals surface area contributed by atoms with E-state index in [2.05, 4.69) is 11.6 Å². The number of anilines is 2. The highest BCUT2D eigenvalue weighted by molar-refractivity contribution is 6.33. The summed E-state index contributed by atoms with van der Waals surface area (Å²) in [4.78, 5) is 17.3. The van der Waals surface area contributed by atoms with E-state index >= 15 is 0 Å². The first kappa shape index (κ1) is 11.0. The molecule has 2 heterocycles. The molecule has 5 heteroatoms. The van der Waals surface area contributed by atoms with Crippen LogP contribution in [0.25, 0.3) is 0 Å². The van der Waals surface area contributed by atoms with Crippen molar-refractivity contribution >= 4 is 28.9 Å². The molecule has 1 saturated heterocycles. The van der Waals surface area contributed by atoms with Crippen LogP contribution in [0, 0.1) is 5.92 Å². The Morgan fingerprint density at radius 2 is 2.44 bits per heavy atom. The van der Waals surface area contributed by atoms with Gasteiger partial charge in [-0.05, 0) is 6.07 Å². The number of hydrogen-bond donors (Lipinski definition) is 1. The molecule has 2 rings (SSSR count). The monoisotopic (exact) mass is 237 g/mol. The highest BCUT2D eigenvalue weighted by Crippen LogP contribution is 2.34. The maximum absolute atomic E-state index is 11.8. The van der Waals surface area contributed by atoms with Crippen molar-refractivity contribution in [1.82, 2.24) is 4.98 Å². The Balaban J connectivity index is 2.38. The van der Waals surface area contributed by atoms with Crippen LogP contribution in [0.1, 0.15) is 6.42 Å². The Hall–Kier alpha value is -1.55. The molecule has 1 amide bonds. The van der Waals surface area contributed by atoms with Crippen molar-refractivity contribution in [2.24, 2.45) is 5.92 Å². The van der Waals surface area contributed by atoms with E-state index in [-0.39, 0.29) is 17.0 Å². The van der Waals surface area contributed by atoms with Gasteiger partial charge in [0.2, 0.25) is 5.91 Å². The summed E-state index contributed by atoms with van der Waals surface area (Å²) in [7, 11) is 0.